The molecule has 0 aromatic carbocycles. The molecule has 1 aromatic rings. The molecule has 1 unspecified atom stereocenters. The first-order chi connectivity index (χ1) is 17.9. The summed E-state index contributed by atoms with van der Waals surface area (Å²) < 4.78 is 38.2. The Morgan fingerprint density at radius 3 is 2.50 bits per heavy atom. The van der Waals surface area contributed by atoms with Crippen LogP contribution in [0.25, 0.3) is 0 Å². The zero-order valence-electron chi connectivity index (χ0n) is 22.6. The minimum Gasteiger partial charge on any atom is -0.332 e. The number of amides is 1. The van der Waals surface area contributed by atoms with E-state index in [1.54, 1.807) is 6.08 Å². The van der Waals surface area contributed by atoms with Gasteiger partial charge in [0, 0.05) is 50.9 Å². The van der Waals surface area contributed by atoms with Crippen molar-refractivity contribution in [3.8, 4) is 6.07 Å². The quantitative estimate of drug-likeness (QED) is 0.259. The summed E-state index contributed by atoms with van der Waals surface area (Å²) in [5, 5.41) is 8.96. The maximum Gasteiger partial charge on any atom is 0.353 e. The molecule has 2 heterocycles. The van der Waals surface area contributed by atoms with E-state index in [4.69, 9.17) is 23.4 Å². The highest BCUT2D eigenvalue weighted by molar-refractivity contribution is 7.57. The van der Waals surface area contributed by atoms with Gasteiger partial charge < -0.3 is 23.0 Å². The van der Waals surface area contributed by atoms with Gasteiger partial charge >= 0.3 is 13.3 Å². The molecule has 1 aliphatic heterocycles. The number of nitriles is 1. The van der Waals surface area contributed by atoms with Crippen LogP contribution in [0.5, 0.6) is 0 Å². The summed E-state index contributed by atoms with van der Waals surface area (Å²) in [5.74, 6) is 0.900. The molecule has 212 valence electrons. The molecule has 0 radical (unpaired) electrons. The van der Waals surface area contributed by atoms with Gasteiger partial charge in [-0.3, -0.25) is 23.7 Å². The molecular weight excluding hydrogens is 536 g/mol. The number of nitrogens with one attached hydrogen (secondary N) is 1. The Labute approximate surface area is 223 Å². The number of carbonyl (C=O) groups excluding carboxylic acids is 1. The summed E-state index contributed by atoms with van der Waals surface area (Å²) in [6.45, 7) is 8.18. The van der Waals surface area contributed by atoms with Gasteiger partial charge in [-0.05, 0) is 34.1 Å². The van der Waals surface area contributed by atoms with Gasteiger partial charge in [-0.1, -0.05) is 6.08 Å². The van der Waals surface area contributed by atoms with E-state index < -0.39 is 45.4 Å². The van der Waals surface area contributed by atoms with Crippen molar-refractivity contribution in [1.29, 1.82) is 5.26 Å². The Morgan fingerprint density at radius 1 is 1.29 bits per heavy atom. The molecule has 3 atom stereocenters. The SMILES string of the molecule is COP(=O)(/C=C/[C@@H]1C[C@@H](OP(OCCC#N)N(C(C)C)C(C)C)CN1C(=O)Cn1ccc(=O)[nH]c1=O)OC. The fraction of sp³-hybridized carbons (Fsp3) is 0.652. The van der Waals surface area contributed by atoms with Crippen molar-refractivity contribution in [2.75, 3.05) is 27.4 Å². The third-order valence-electron chi connectivity index (χ3n) is 5.73. The molecule has 1 N–H and O–H groups in total. The van der Waals surface area contributed by atoms with Gasteiger partial charge in [0.25, 0.3) is 14.1 Å². The van der Waals surface area contributed by atoms with E-state index >= 15 is 0 Å². The molecular formula is C23H37N5O8P2. The highest BCUT2D eigenvalue weighted by Gasteiger charge is 2.39. The topological polar surface area (TPSA) is 156 Å². The number of aromatic nitrogens is 2. The van der Waals surface area contributed by atoms with Crippen LogP contribution in [0.4, 0.5) is 0 Å². The van der Waals surface area contributed by atoms with Crippen LogP contribution >= 0.6 is 16.1 Å². The van der Waals surface area contributed by atoms with E-state index in [1.165, 1.54) is 31.1 Å². The van der Waals surface area contributed by atoms with Gasteiger partial charge in [-0.15, -0.1) is 0 Å². The molecule has 38 heavy (non-hydrogen) atoms. The van der Waals surface area contributed by atoms with Crippen LogP contribution in [0.2, 0.25) is 0 Å². The van der Waals surface area contributed by atoms with E-state index in [0.29, 0.717) is 6.42 Å². The summed E-state index contributed by atoms with van der Waals surface area (Å²) in [6.07, 6.45) is 2.96. The van der Waals surface area contributed by atoms with Crippen molar-refractivity contribution in [2.24, 2.45) is 0 Å². The molecule has 1 aromatic heterocycles. The Hall–Kier alpha value is -2.16. The maximum atomic E-state index is 13.3. The Morgan fingerprint density at radius 2 is 1.95 bits per heavy atom. The summed E-state index contributed by atoms with van der Waals surface area (Å²) in [7, 11) is -2.52. The van der Waals surface area contributed by atoms with E-state index in [1.807, 2.05) is 27.7 Å². The molecule has 15 heteroatoms. The standard InChI is InChI=1S/C23H37N5O8P2/c1-17(2)28(18(3)4)37(35-12-7-10-24)36-20-14-19(9-13-38(32,33-5)34-6)27(15-20)22(30)16-26-11-8-21(29)25-23(26)31/h8-9,11,13,17-20H,7,12,14-16H2,1-6H3,(H,25,29,31)/b13-9+/t19-,20-,37?/m1/s1. The van der Waals surface area contributed by atoms with Crippen LogP contribution in [-0.4, -0.2) is 76.6 Å². The van der Waals surface area contributed by atoms with E-state index in [-0.39, 0.29) is 38.2 Å². The van der Waals surface area contributed by atoms with Crippen LogP contribution < -0.4 is 11.2 Å². The first-order valence-electron chi connectivity index (χ1n) is 12.2. The average Bonchev–Trinajstić information content (AvgIpc) is 3.26. The smallest absolute Gasteiger partial charge is 0.332 e. The van der Waals surface area contributed by atoms with E-state index in [2.05, 4.69) is 15.7 Å². The van der Waals surface area contributed by atoms with Gasteiger partial charge in [-0.25, -0.2) is 9.46 Å². The number of nitrogens with zero attached hydrogens (tertiary/aromatic N) is 4. The van der Waals surface area contributed by atoms with Crippen molar-refractivity contribution >= 4 is 22.0 Å². The van der Waals surface area contributed by atoms with Crippen LogP contribution in [0.3, 0.4) is 0 Å². The second-order valence-corrected chi connectivity index (χ2v) is 12.6. The molecule has 1 fully saturated rings. The zero-order chi connectivity index (χ0) is 28.5. The fourth-order valence-corrected chi connectivity index (χ4v) is 6.51. The normalized spacial score (nSPS) is 19.1. The van der Waals surface area contributed by atoms with Crippen LogP contribution in [0.15, 0.2) is 33.7 Å². The van der Waals surface area contributed by atoms with Crippen molar-refractivity contribution in [2.45, 2.75) is 71.3 Å². The molecule has 13 nitrogen and oxygen atoms in total. The van der Waals surface area contributed by atoms with Crippen molar-refractivity contribution in [3.05, 3.63) is 45.0 Å². The molecule has 0 spiro atoms. The fourth-order valence-electron chi connectivity index (χ4n) is 4.00. The number of aromatic amines is 1. The predicted octanol–water partition coefficient (Wildman–Crippen LogP) is 2.80. The van der Waals surface area contributed by atoms with Crippen molar-refractivity contribution in [1.82, 2.24) is 19.1 Å². The highest BCUT2D eigenvalue weighted by Crippen LogP contribution is 2.50. The van der Waals surface area contributed by atoms with Gasteiger partial charge in [0.05, 0.1) is 31.2 Å². The number of hydrogen-bond acceptors (Lipinski definition) is 10. The molecule has 0 aliphatic carbocycles. The minimum atomic E-state index is -3.49. The van der Waals surface area contributed by atoms with Crippen molar-refractivity contribution < 1.29 is 27.5 Å². The highest BCUT2D eigenvalue weighted by atomic mass is 31.2. The molecule has 2 rings (SSSR count). The zero-order valence-corrected chi connectivity index (χ0v) is 24.4. The number of hydrogen-bond donors (Lipinski definition) is 1. The number of H-pyrrole nitrogens is 1. The van der Waals surface area contributed by atoms with E-state index in [9.17, 15) is 18.9 Å². The molecule has 1 saturated heterocycles. The molecule has 1 aliphatic rings. The maximum absolute atomic E-state index is 13.3. The second kappa shape index (κ2) is 14.8. The second-order valence-electron chi connectivity index (χ2n) is 9.11. The van der Waals surface area contributed by atoms with Crippen LogP contribution in [-0.2, 0) is 34.0 Å². The lowest BCUT2D eigenvalue weighted by Crippen LogP contribution is -2.40. The first-order valence-corrected chi connectivity index (χ1v) is 14.9. The molecule has 0 bridgehead atoms. The first kappa shape index (κ1) is 32.1. The summed E-state index contributed by atoms with van der Waals surface area (Å²) in [6, 6.07) is 2.88. The Balaban J connectivity index is 2.33. The lowest BCUT2D eigenvalue weighted by atomic mass is 10.2. The van der Waals surface area contributed by atoms with E-state index in [0.717, 1.165) is 10.6 Å². The number of carbonyl (C=O) groups is 1. The number of rotatable bonds is 14. The van der Waals surface area contributed by atoms with Crippen LogP contribution in [0, 0.1) is 11.3 Å². The largest absolute Gasteiger partial charge is 0.353 e. The van der Waals surface area contributed by atoms with Gasteiger partial charge in [0.2, 0.25) is 5.91 Å². The van der Waals surface area contributed by atoms with Crippen LogP contribution in [0.1, 0.15) is 40.5 Å². The lowest BCUT2D eigenvalue weighted by molar-refractivity contribution is -0.132. The lowest BCUT2D eigenvalue weighted by Gasteiger charge is -2.36. The summed E-state index contributed by atoms with van der Waals surface area (Å²) >= 11 is 0. The van der Waals surface area contributed by atoms with Gasteiger partial charge in [0.1, 0.15) is 6.54 Å². The predicted molar refractivity (Wildman–Crippen MR) is 142 cm³/mol. The van der Waals surface area contributed by atoms with Gasteiger partial charge in [0.15, 0.2) is 0 Å². The molecule has 0 saturated carbocycles. The molecule has 1 amide bonds. The summed E-state index contributed by atoms with van der Waals surface area (Å²) in [5.41, 5.74) is -1.26. The monoisotopic (exact) mass is 573 g/mol. The van der Waals surface area contributed by atoms with Crippen molar-refractivity contribution in [3.63, 3.8) is 0 Å². The number of likely N-dealkylation sites (tertiary alicyclic amines) is 1. The van der Waals surface area contributed by atoms with Gasteiger partial charge in [-0.2, -0.15) is 5.26 Å². The Kier molecular flexibility index (Phi) is 12.5. The minimum absolute atomic E-state index is 0.0967. The third kappa shape index (κ3) is 8.95. The Bertz CT molecular complexity index is 1150. The third-order valence-corrected chi connectivity index (χ3v) is 9.47. The average molecular weight is 574 g/mol. The summed E-state index contributed by atoms with van der Waals surface area (Å²) in [4.78, 5) is 40.5.